The minimum Gasteiger partial charge on any atom is -0.481 e. The molecule has 0 spiro atoms. The zero-order chi connectivity index (χ0) is 58.6. The Morgan fingerprint density at radius 2 is 1.23 bits per heavy atom. The number of hydrogen-bond donors (Lipinski definition) is 14. The van der Waals surface area contributed by atoms with Crippen molar-refractivity contribution in [3.63, 3.8) is 0 Å². The van der Waals surface area contributed by atoms with Crippen molar-refractivity contribution in [3.8, 4) is 0 Å². The highest BCUT2D eigenvalue weighted by atomic mass is 16.4. The second kappa shape index (κ2) is 34.9. The molecular weight excluding hydrogens is 1020 g/mol. The molecule has 1 aliphatic heterocycles. The van der Waals surface area contributed by atoms with Crippen LogP contribution in [0.3, 0.4) is 0 Å². The van der Waals surface area contributed by atoms with Gasteiger partial charge in [0.15, 0.2) is 0 Å². The summed E-state index contributed by atoms with van der Waals surface area (Å²) >= 11 is 0. The molecule has 26 nitrogen and oxygen atoms in total. The number of amides is 9. The van der Waals surface area contributed by atoms with Gasteiger partial charge in [0, 0.05) is 19.4 Å². The SMILES string of the molecule is CC[C@H](C)[C@H](NC(=O)[C@@H]1CCCN1C(=O)[C@H](CCCCN)NC(=O)CNC(=O)[C@H](C)NC(=O)[C@@H](NC(=O)[C@H](CCCCN)NC(=O)[C@@H](N)CCC(=O)O)[C@@H](C)O)C(=O)N[C@@H](CC(C)C)C(=O)N[C@@H](Cc1ccccc1)C(=O)O. The molecule has 0 aromatic heterocycles. The molecule has 0 saturated carbocycles. The van der Waals surface area contributed by atoms with Crippen molar-refractivity contribution in [2.75, 3.05) is 26.2 Å². The number of hydrogen-bond acceptors (Lipinski definition) is 15. The summed E-state index contributed by atoms with van der Waals surface area (Å²) < 4.78 is 0. The number of carboxylic acids is 2. The summed E-state index contributed by atoms with van der Waals surface area (Å²) in [5, 5.41) is 49.7. The average molecular weight is 1100 g/mol. The number of aliphatic carboxylic acids is 2. The van der Waals surface area contributed by atoms with Gasteiger partial charge in [0.2, 0.25) is 53.2 Å². The summed E-state index contributed by atoms with van der Waals surface area (Å²) in [6.45, 7) is 9.75. The van der Waals surface area contributed by atoms with Crippen LogP contribution in [0.2, 0.25) is 0 Å². The van der Waals surface area contributed by atoms with Gasteiger partial charge in [-0.15, -0.1) is 0 Å². The van der Waals surface area contributed by atoms with E-state index < -0.39 is 144 Å². The lowest BCUT2D eigenvalue weighted by Crippen LogP contribution is -2.60. The maximum absolute atomic E-state index is 14.3. The molecule has 438 valence electrons. The molecule has 1 saturated heterocycles. The zero-order valence-corrected chi connectivity index (χ0v) is 45.8. The fourth-order valence-corrected chi connectivity index (χ4v) is 8.54. The summed E-state index contributed by atoms with van der Waals surface area (Å²) in [7, 11) is 0. The topological polar surface area (TPSA) is 426 Å². The van der Waals surface area contributed by atoms with Crippen LogP contribution in [-0.2, 0) is 59.2 Å². The summed E-state index contributed by atoms with van der Waals surface area (Å²) in [6.07, 6.45) is 1.01. The van der Waals surface area contributed by atoms with Crippen LogP contribution in [0.25, 0.3) is 0 Å². The van der Waals surface area contributed by atoms with Gasteiger partial charge in [0.1, 0.15) is 48.3 Å². The van der Waals surface area contributed by atoms with E-state index in [1.54, 1.807) is 37.3 Å². The smallest absolute Gasteiger partial charge is 0.326 e. The molecule has 0 radical (unpaired) electrons. The summed E-state index contributed by atoms with van der Waals surface area (Å²) in [4.78, 5) is 147. The molecule has 1 aliphatic rings. The Bertz CT molecular complexity index is 2170. The van der Waals surface area contributed by atoms with E-state index in [-0.39, 0.29) is 64.1 Å². The molecule has 78 heavy (non-hydrogen) atoms. The molecule has 11 atom stereocenters. The molecule has 0 aliphatic carbocycles. The Labute approximate surface area is 456 Å². The van der Waals surface area contributed by atoms with Crippen molar-refractivity contribution >= 4 is 65.1 Å². The quantitative estimate of drug-likeness (QED) is 0.0316. The number of likely N-dealkylation sites (tertiary alicyclic amines) is 1. The third-order valence-electron chi connectivity index (χ3n) is 13.3. The molecule has 9 amide bonds. The first-order valence-electron chi connectivity index (χ1n) is 26.9. The number of nitrogens with zero attached hydrogens (tertiary/aromatic N) is 1. The normalized spacial score (nSPS) is 17.0. The van der Waals surface area contributed by atoms with Crippen molar-refractivity contribution in [3.05, 3.63) is 35.9 Å². The number of aliphatic hydroxyl groups excluding tert-OH is 1. The van der Waals surface area contributed by atoms with Gasteiger partial charge in [-0.05, 0) is 109 Å². The van der Waals surface area contributed by atoms with E-state index >= 15 is 0 Å². The minimum absolute atomic E-state index is 0.00243. The van der Waals surface area contributed by atoms with E-state index in [9.17, 15) is 63.0 Å². The van der Waals surface area contributed by atoms with E-state index in [1.165, 1.54) is 18.7 Å². The number of carbonyl (C=O) groups excluding carboxylic acids is 9. The number of carboxylic acid groups (broad SMARTS) is 2. The number of rotatable bonds is 36. The summed E-state index contributed by atoms with van der Waals surface area (Å²) in [5.41, 5.74) is 17.8. The number of unbranched alkanes of at least 4 members (excludes halogenated alkanes) is 2. The van der Waals surface area contributed by atoms with Gasteiger partial charge in [0.05, 0.1) is 18.7 Å². The number of benzene rings is 1. The molecule has 17 N–H and O–H groups in total. The maximum Gasteiger partial charge on any atom is 0.326 e. The lowest BCUT2D eigenvalue weighted by Gasteiger charge is -2.32. The molecular formula is C52H86N12O14. The van der Waals surface area contributed by atoms with Crippen LogP contribution >= 0.6 is 0 Å². The Morgan fingerprint density at radius 1 is 0.654 bits per heavy atom. The first-order chi connectivity index (χ1) is 36.8. The number of nitrogens with two attached hydrogens (primary N) is 3. The van der Waals surface area contributed by atoms with Gasteiger partial charge in [-0.25, -0.2) is 4.79 Å². The van der Waals surface area contributed by atoms with Crippen molar-refractivity contribution in [1.82, 2.24) is 47.4 Å². The van der Waals surface area contributed by atoms with E-state index in [0.717, 1.165) is 0 Å². The van der Waals surface area contributed by atoms with Crippen LogP contribution in [0.15, 0.2) is 30.3 Å². The molecule has 1 heterocycles. The number of carbonyl (C=O) groups is 11. The fourth-order valence-electron chi connectivity index (χ4n) is 8.54. The highest BCUT2D eigenvalue weighted by molar-refractivity contribution is 5.98. The highest BCUT2D eigenvalue weighted by Crippen LogP contribution is 2.22. The van der Waals surface area contributed by atoms with Crippen LogP contribution in [0, 0.1) is 11.8 Å². The van der Waals surface area contributed by atoms with E-state index in [0.29, 0.717) is 44.1 Å². The molecule has 26 heteroatoms. The van der Waals surface area contributed by atoms with Crippen molar-refractivity contribution in [1.29, 1.82) is 0 Å². The monoisotopic (exact) mass is 1100 g/mol. The highest BCUT2D eigenvalue weighted by Gasteiger charge is 2.40. The zero-order valence-electron chi connectivity index (χ0n) is 45.8. The van der Waals surface area contributed by atoms with Crippen LogP contribution in [0.4, 0.5) is 0 Å². The predicted octanol–water partition coefficient (Wildman–Crippen LogP) is -2.24. The molecule has 1 aromatic carbocycles. The molecule has 1 aromatic rings. The number of aliphatic hydroxyl groups is 1. The molecule has 0 unspecified atom stereocenters. The minimum atomic E-state index is -1.63. The second-order valence-corrected chi connectivity index (χ2v) is 20.3. The van der Waals surface area contributed by atoms with Crippen molar-refractivity contribution in [2.45, 2.75) is 185 Å². The summed E-state index contributed by atoms with van der Waals surface area (Å²) in [5.74, 6) is -9.96. The third kappa shape index (κ3) is 23.5. The van der Waals surface area contributed by atoms with Crippen LogP contribution in [-0.4, -0.2) is 172 Å². The van der Waals surface area contributed by atoms with Gasteiger partial charge < -0.3 is 80.0 Å². The molecule has 2 rings (SSSR count). The van der Waals surface area contributed by atoms with Gasteiger partial charge >= 0.3 is 11.9 Å². The van der Waals surface area contributed by atoms with Gasteiger partial charge in [-0.1, -0.05) is 64.4 Å². The van der Waals surface area contributed by atoms with Crippen molar-refractivity contribution in [2.24, 2.45) is 29.0 Å². The van der Waals surface area contributed by atoms with Crippen molar-refractivity contribution < 1.29 is 68.1 Å². The predicted molar refractivity (Wildman–Crippen MR) is 286 cm³/mol. The summed E-state index contributed by atoms with van der Waals surface area (Å²) in [6, 6.07) is -2.56. The van der Waals surface area contributed by atoms with Gasteiger partial charge in [0.25, 0.3) is 0 Å². The van der Waals surface area contributed by atoms with E-state index in [1.807, 2.05) is 20.8 Å². The average Bonchev–Trinajstić information content (AvgIpc) is 3.89. The van der Waals surface area contributed by atoms with Gasteiger partial charge in [-0.2, -0.15) is 0 Å². The Kier molecular flexibility index (Phi) is 30.1. The lowest BCUT2D eigenvalue weighted by atomic mass is 9.96. The lowest BCUT2D eigenvalue weighted by molar-refractivity contribution is -0.143. The van der Waals surface area contributed by atoms with Crippen LogP contribution < -0.4 is 59.7 Å². The Balaban J connectivity index is 2.16. The first kappa shape index (κ1) is 67.3. The number of nitrogens with one attached hydrogen (secondary N) is 8. The standard InChI is InChI=1S/C52H86N12O14/c1-7-30(4)42(49(74)60-37(26-29(2)3)47(72)61-38(52(77)78)27-33-16-9-8-10-17-33)62-48(73)39-20-15-25-64(39)51(76)36(19-12-14-24-54)58-40(66)28-56-44(69)31(5)57-50(75)43(32(6)65)63-46(71)35(18-11-13-23-53)59-45(70)34(55)21-22-41(67)68/h8-10,16-17,29-32,34-39,42-43,65H,7,11-15,18-28,53-55H2,1-6H3,(H,56,69)(H,57,75)(H,58,66)(H,59,70)(H,60,74)(H,61,72)(H,62,73)(H,63,71)(H,67,68)(H,77,78)/t30-,31-,32+,34-,35-,36-,37-,38-,39-,42-,43-/m0/s1. The Hall–Kier alpha value is -6.77. The molecule has 0 bridgehead atoms. The van der Waals surface area contributed by atoms with Crippen LogP contribution in [0.1, 0.15) is 124 Å². The van der Waals surface area contributed by atoms with E-state index in [4.69, 9.17) is 22.3 Å². The fraction of sp³-hybridized carbons (Fsp3) is 0.673. The first-order valence-corrected chi connectivity index (χ1v) is 26.9. The third-order valence-corrected chi connectivity index (χ3v) is 13.3. The van der Waals surface area contributed by atoms with E-state index in [2.05, 4.69) is 42.5 Å². The molecule has 1 fully saturated rings. The van der Waals surface area contributed by atoms with Crippen LogP contribution in [0.5, 0.6) is 0 Å². The van der Waals surface area contributed by atoms with Gasteiger partial charge in [-0.3, -0.25) is 47.9 Å². The maximum atomic E-state index is 14.3. The second-order valence-electron chi connectivity index (χ2n) is 20.3. The Morgan fingerprint density at radius 3 is 1.79 bits per heavy atom. The largest absolute Gasteiger partial charge is 0.481 e.